The predicted octanol–water partition coefficient (Wildman–Crippen LogP) is -0.592. The quantitative estimate of drug-likeness (QED) is 0.500. The van der Waals surface area contributed by atoms with E-state index in [2.05, 4.69) is 4.98 Å². The summed E-state index contributed by atoms with van der Waals surface area (Å²) in [5.41, 5.74) is -0.797. The standard InChI is InChI=1S/C10H13N2O7P/c1-6-4-12(10(14)11-9(6)13)7-2-3-8(19-7)18-5-20(15,16)17/h2-4,7-8H,5H2,1H3,(H,11,13,14)(H2,15,16,17)/t7-,8+/m1/s1. The van der Waals surface area contributed by atoms with Gasteiger partial charge in [0.2, 0.25) is 0 Å². The van der Waals surface area contributed by atoms with Gasteiger partial charge in [0.15, 0.2) is 18.9 Å². The van der Waals surface area contributed by atoms with Crippen molar-refractivity contribution in [2.45, 2.75) is 19.4 Å². The topological polar surface area (TPSA) is 131 Å². The minimum atomic E-state index is -4.29. The Morgan fingerprint density at radius 3 is 2.80 bits per heavy atom. The molecule has 2 heterocycles. The molecule has 0 radical (unpaired) electrons. The lowest BCUT2D eigenvalue weighted by Crippen LogP contribution is -2.33. The van der Waals surface area contributed by atoms with Crippen molar-refractivity contribution in [3.05, 3.63) is 44.8 Å². The summed E-state index contributed by atoms with van der Waals surface area (Å²) in [6, 6.07) is 0. The summed E-state index contributed by atoms with van der Waals surface area (Å²) in [7, 11) is -4.29. The van der Waals surface area contributed by atoms with E-state index in [1.165, 1.54) is 25.3 Å². The van der Waals surface area contributed by atoms with E-state index in [1.54, 1.807) is 0 Å². The van der Waals surface area contributed by atoms with Crippen LogP contribution in [0.1, 0.15) is 11.8 Å². The molecule has 0 amide bonds. The molecule has 0 fully saturated rings. The van der Waals surface area contributed by atoms with Crippen LogP contribution in [-0.2, 0) is 14.0 Å². The van der Waals surface area contributed by atoms with E-state index in [1.807, 2.05) is 0 Å². The Hall–Kier alpha value is -1.51. The average Bonchev–Trinajstić information content (AvgIpc) is 2.79. The monoisotopic (exact) mass is 304 g/mol. The van der Waals surface area contributed by atoms with Gasteiger partial charge in [0, 0.05) is 11.8 Å². The molecular formula is C10H13N2O7P. The largest absolute Gasteiger partial charge is 0.351 e. The molecule has 9 nitrogen and oxygen atoms in total. The van der Waals surface area contributed by atoms with Gasteiger partial charge in [0.05, 0.1) is 0 Å². The number of aromatic amines is 1. The zero-order valence-corrected chi connectivity index (χ0v) is 11.3. The Labute approximate surface area is 112 Å². The van der Waals surface area contributed by atoms with E-state index in [0.717, 1.165) is 4.57 Å². The first-order valence-electron chi connectivity index (χ1n) is 5.58. The van der Waals surface area contributed by atoms with Crippen LogP contribution in [-0.4, -0.2) is 32.0 Å². The predicted molar refractivity (Wildman–Crippen MR) is 67.1 cm³/mol. The molecule has 0 unspecified atom stereocenters. The second-order valence-electron chi connectivity index (χ2n) is 4.22. The first-order valence-corrected chi connectivity index (χ1v) is 7.38. The molecule has 20 heavy (non-hydrogen) atoms. The van der Waals surface area contributed by atoms with Crippen LogP contribution in [0.15, 0.2) is 27.9 Å². The Bertz CT molecular complexity index is 686. The molecule has 0 aromatic carbocycles. The van der Waals surface area contributed by atoms with Crippen molar-refractivity contribution in [2.75, 3.05) is 6.35 Å². The highest BCUT2D eigenvalue weighted by Gasteiger charge is 2.25. The molecule has 0 aliphatic carbocycles. The van der Waals surface area contributed by atoms with Gasteiger partial charge in [-0.15, -0.1) is 0 Å². The third kappa shape index (κ3) is 3.53. The molecule has 1 aliphatic heterocycles. The maximum atomic E-state index is 11.6. The van der Waals surface area contributed by atoms with E-state index in [0.29, 0.717) is 5.56 Å². The van der Waals surface area contributed by atoms with Crippen LogP contribution in [0.25, 0.3) is 0 Å². The molecule has 1 aromatic rings. The summed E-state index contributed by atoms with van der Waals surface area (Å²) in [4.78, 5) is 42.4. The number of nitrogens with one attached hydrogen (secondary N) is 1. The SMILES string of the molecule is Cc1cn([C@H]2C=C[C@@H](OCP(=O)(O)O)O2)c(=O)[nH]c1=O. The van der Waals surface area contributed by atoms with Crippen LogP contribution in [0.2, 0.25) is 0 Å². The van der Waals surface area contributed by atoms with Crippen molar-refractivity contribution in [2.24, 2.45) is 0 Å². The van der Waals surface area contributed by atoms with Crippen LogP contribution in [0, 0.1) is 6.92 Å². The Kier molecular flexibility index (Phi) is 4.07. The van der Waals surface area contributed by atoms with Crippen molar-refractivity contribution in [3.8, 4) is 0 Å². The maximum absolute atomic E-state index is 11.6. The Morgan fingerprint density at radius 2 is 2.15 bits per heavy atom. The maximum Gasteiger partial charge on any atom is 0.351 e. The number of hydrogen-bond acceptors (Lipinski definition) is 5. The van der Waals surface area contributed by atoms with Crippen molar-refractivity contribution in [1.82, 2.24) is 9.55 Å². The van der Waals surface area contributed by atoms with Gasteiger partial charge >= 0.3 is 13.3 Å². The van der Waals surface area contributed by atoms with Crippen molar-refractivity contribution in [1.29, 1.82) is 0 Å². The Morgan fingerprint density at radius 1 is 1.45 bits per heavy atom. The van der Waals surface area contributed by atoms with E-state index in [9.17, 15) is 14.2 Å². The van der Waals surface area contributed by atoms with Crippen LogP contribution >= 0.6 is 7.60 Å². The number of nitrogens with zero attached hydrogens (tertiary/aromatic N) is 1. The van der Waals surface area contributed by atoms with Gasteiger partial charge in [-0.1, -0.05) is 0 Å². The fourth-order valence-electron chi connectivity index (χ4n) is 1.61. The molecule has 0 spiro atoms. The van der Waals surface area contributed by atoms with Gasteiger partial charge in [0.1, 0.15) is 0 Å². The third-order valence-corrected chi connectivity index (χ3v) is 3.02. The molecule has 110 valence electrons. The van der Waals surface area contributed by atoms with Gasteiger partial charge in [-0.05, 0) is 19.1 Å². The molecule has 10 heteroatoms. The number of ether oxygens (including phenoxy) is 2. The summed E-state index contributed by atoms with van der Waals surface area (Å²) in [5, 5.41) is 0. The normalized spacial score (nSPS) is 22.4. The smallest absolute Gasteiger partial charge is 0.336 e. The molecule has 0 saturated carbocycles. The lowest BCUT2D eigenvalue weighted by molar-refractivity contribution is -0.127. The molecule has 1 aliphatic rings. The first kappa shape index (κ1) is 14.9. The molecule has 1 aromatic heterocycles. The molecule has 3 N–H and O–H groups in total. The van der Waals surface area contributed by atoms with Gasteiger partial charge in [-0.3, -0.25) is 18.9 Å². The van der Waals surface area contributed by atoms with E-state index in [4.69, 9.17) is 19.3 Å². The minimum absolute atomic E-state index is 0.334. The van der Waals surface area contributed by atoms with Crippen LogP contribution in [0.5, 0.6) is 0 Å². The minimum Gasteiger partial charge on any atom is -0.336 e. The highest BCUT2D eigenvalue weighted by molar-refractivity contribution is 7.51. The first-order chi connectivity index (χ1) is 9.26. The lowest BCUT2D eigenvalue weighted by Gasteiger charge is -2.16. The van der Waals surface area contributed by atoms with Gasteiger partial charge in [-0.25, -0.2) is 4.79 Å². The summed E-state index contributed by atoms with van der Waals surface area (Å²) < 4.78 is 22.0. The van der Waals surface area contributed by atoms with Crippen LogP contribution in [0.4, 0.5) is 0 Å². The van der Waals surface area contributed by atoms with Crippen molar-refractivity contribution >= 4 is 7.60 Å². The fraction of sp³-hybridized carbons (Fsp3) is 0.400. The van der Waals surface area contributed by atoms with Crippen molar-refractivity contribution < 1.29 is 23.8 Å². The van der Waals surface area contributed by atoms with Gasteiger partial charge in [0.25, 0.3) is 5.56 Å². The molecular weight excluding hydrogens is 291 g/mol. The summed E-state index contributed by atoms with van der Waals surface area (Å²) in [5.74, 6) is 0. The van der Waals surface area contributed by atoms with Crippen molar-refractivity contribution in [3.63, 3.8) is 0 Å². The van der Waals surface area contributed by atoms with E-state index < -0.39 is 37.7 Å². The van der Waals surface area contributed by atoms with Crippen LogP contribution < -0.4 is 11.2 Å². The molecule has 2 rings (SSSR count). The number of H-pyrrole nitrogens is 1. The Balaban J connectivity index is 2.09. The molecule has 2 atom stereocenters. The highest BCUT2D eigenvalue weighted by Crippen LogP contribution is 2.35. The third-order valence-electron chi connectivity index (χ3n) is 2.53. The number of rotatable bonds is 4. The second-order valence-corrected chi connectivity index (χ2v) is 5.81. The number of aromatic nitrogens is 2. The zero-order chi connectivity index (χ0) is 14.9. The fourth-order valence-corrected chi connectivity index (χ4v) is 1.95. The molecule has 0 saturated heterocycles. The second kappa shape index (κ2) is 5.47. The number of hydrogen-bond donors (Lipinski definition) is 3. The van der Waals surface area contributed by atoms with E-state index in [-0.39, 0.29) is 0 Å². The number of aryl methyl sites for hydroxylation is 1. The molecule has 0 bridgehead atoms. The lowest BCUT2D eigenvalue weighted by atomic mass is 10.4. The van der Waals surface area contributed by atoms with Gasteiger partial charge in [-0.2, -0.15) is 0 Å². The summed E-state index contributed by atoms with van der Waals surface area (Å²) in [6.45, 7) is 1.54. The van der Waals surface area contributed by atoms with Gasteiger partial charge < -0.3 is 19.3 Å². The van der Waals surface area contributed by atoms with Crippen LogP contribution in [0.3, 0.4) is 0 Å². The zero-order valence-electron chi connectivity index (χ0n) is 10.4. The van der Waals surface area contributed by atoms with E-state index >= 15 is 0 Å². The average molecular weight is 304 g/mol. The summed E-state index contributed by atoms with van der Waals surface area (Å²) in [6.07, 6.45) is 1.69. The highest BCUT2D eigenvalue weighted by atomic mass is 31.2. The summed E-state index contributed by atoms with van der Waals surface area (Å²) >= 11 is 0.